The molecule has 0 fully saturated rings. The Morgan fingerprint density at radius 2 is 1.55 bits per heavy atom. The zero-order valence-corrected chi connectivity index (χ0v) is 24.6. The van der Waals surface area contributed by atoms with Crippen LogP contribution in [0.3, 0.4) is 0 Å². The molecule has 0 saturated heterocycles. The van der Waals surface area contributed by atoms with Gasteiger partial charge in [-0.2, -0.15) is 0 Å². The number of nitrogens with one attached hydrogen (secondary N) is 1. The minimum atomic E-state index is -4.11. The number of nitrogens with zero attached hydrogens (tertiary/aromatic N) is 2. The Labute approximate surface area is 238 Å². The van der Waals surface area contributed by atoms with E-state index >= 15 is 0 Å². The van der Waals surface area contributed by atoms with E-state index in [-0.39, 0.29) is 23.4 Å². The van der Waals surface area contributed by atoms with E-state index in [4.69, 9.17) is 4.74 Å². The molecule has 3 aromatic carbocycles. The Morgan fingerprint density at radius 3 is 2.12 bits per heavy atom. The maximum atomic E-state index is 13.9. The van der Waals surface area contributed by atoms with Crippen molar-refractivity contribution in [3.8, 4) is 5.75 Å². The van der Waals surface area contributed by atoms with Crippen LogP contribution in [0.2, 0.25) is 0 Å². The number of ether oxygens (including phenoxy) is 1. The first-order valence-electron chi connectivity index (χ1n) is 13.4. The molecule has 0 spiro atoms. The van der Waals surface area contributed by atoms with Crippen LogP contribution < -0.4 is 14.4 Å². The Hall–Kier alpha value is -3.85. The van der Waals surface area contributed by atoms with Crippen LogP contribution in [-0.2, 0) is 26.0 Å². The number of carbonyl (C=O) groups excluding carboxylic acids is 2. The standard InChI is InChI=1S/C31H39N3O5S/c1-6-24(3)32-31(36)25(4)33(21-20-26-10-8-7-9-11-26)30(35)22-34(27-14-16-28(39-5)17-15-27)40(37,38)29-18-12-23(2)13-19-29/h7-19,24-25H,6,20-22H2,1-5H3,(H,32,36)/t24-,25+/m0/s1. The summed E-state index contributed by atoms with van der Waals surface area (Å²) in [5.41, 5.74) is 2.24. The quantitative estimate of drug-likeness (QED) is 0.328. The van der Waals surface area contributed by atoms with Gasteiger partial charge in [0.2, 0.25) is 11.8 Å². The molecule has 3 aromatic rings. The summed E-state index contributed by atoms with van der Waals surface area (Å²) in [7, 11) is -2.59. The summed E-state index contributed by atoms with van der Waals surface area (Å²) in [5, 5.41) is 2.94. The van der Waals surface area contributed by atoms with Crippen molar-refractivity contribution in [2.45, 2.75) is 57.5 Å². The van der Waals surface area contributed by atoms with E-state index in [9.17, 15) is 18.0 Å². The number of rotatable bonds is 13. The van der Waals surface area contributed by atoms with E-state index in [1.165, 1.54) is 24.1 Å². The molecule has 0 unspecified atom stereocenters. The van der Waals surface area contributed by atoms with Gasteiger partial charge < -0.3 is 15.0 Å². The molecule has 0 aliphatic rings. The van der Waals surface area contributed by atoms with Crippen molar-refractivity contribution in [2.24, 2.45) is 0 Å². The number of benzene rings is 3. The van der Waals surface area contributed by atoms with Gasteiger partial charge in [-0.05, 0) is 75.6 Å². The van der Waals surface area contributed by atoms with E-state index in [2.05, 4.69) is 5.32 Å². The molecule has 1 N–H and O–H groups in total. The second-order valence-corrected chi connectivity index (χ2v) is 11.7. The Morgan fingerprint density at radius 1 is 0.925 bits per heavy atom. The Balaban J connectivity index is 1.97. The molecule has 2 atom stereocenters. The van der Waals surface area contributed by atoms with Gasteiger partial charge in [0, 0.05) is 12.6 Å². The van der Waals surface area contributed by atoms with Crippen LogP contribution in [0, 0.1) is 6.92 Å². The summed E-state index contributed by atoms with van der Waals surface area (Å²) in [6.07, 6.45) is 1.26. The molecule has 9 heteroatoms. The van der Waals surface area contributed by atoms with Crippen molar-refractivity contribution in [3.63, 3.8) is 0 Å². The van der Waals surface area contributed by atoms with Gasteiger partial charge in [-0.25, -0.2) is 8.42 Å². The topological polar surface area (TPSA) is 96.0 Å². The second kappa shape index (κ2) is 14.0. The normalized spacial score (nSPS) is 12.7. The van der Waals surface area contributed by atoms with Crippen molar-refractivity contribution in [2.75, 3.05) is 24.5 Å². The van der Waals surface area contributed by atoms with Crippen LogP contribution in [0.15, 0.2) is 83.8 Å². The third-order valence-electron chi connectivity index (χ3n) is 6.90. The summed E-state index contributed by atoms with van der Waals surface area (Å²) in [6.45, 7) is 7.19. The molecule has 0 aromatic heterocycles. The number of amides is 2. The largest absolute Gasteiger partial charge is 0.497 e. The van der Waals surface area contributed by atoms with E-state index in [0.717, 1.165) is 21.9 Å². The fourth-order valence-electron chi connectivity index (χ4n) is 4.15. The van der Waals surface area contributed by atoms with Crippen molar-refractivity contribution in [3.05, 3.63) is 90.0 Å². The van der Waals surface area contributed by atoms with Crippen LogP contribution in [-0.4, -0.2) is 57.4 Å². The predicted molar refractivity (Wildman–Crippen MR) is 158 cm³/mol. The number of carbonyl (C=O) groups is 2. The van der Waals surface area contributed by atoms with Crippen LogP contribution in [0.1, 0.15) is 38.3 Å². The zero-order valence-electron chi connectivity index (χ0n) is 23.8. The average Bonchev–Trinajstić information content (AvgIpc) is 2.96. The number of hydrogen-bond donors (Lipinski definition) is 1. The highest BCUT2D eigenvalue weighted by Crippen LogP contribution is 2.26. The highest BCUT2D eigenvalue weighted by molar-refractivity contribution is 7.92. The molecule has 0 bridgehead atoms. The first-order chi connectivity index (χ1) is 19.1. The van der Waals surface area contributed by atoms with Crippen LogP contribution in [0.4, 0.5) is 5.69 Å². The fourth-order valence-corrected chi connectivity index (χ4v) is 5.56. The van der Waals surface area contributed by atoms with Crippen molar-refractivity contribution in [1.82, 2.24) is 10.2 Å². The fraction of sp³-hybridized carbons (Fsp3) is 0.355. The van der Waals surface area contributed by atoms with Crippen molar-refractivity contribution in [1.29, 1.82) is 0 Å². The second-order valence-electron chi connectivity index (χ2n) is 9.84. The average molecular weight is 566 g/mol. The van der Waals surface area contributed by atoms with Gasteiger partial charge in [-0.3, -0.25) is 13.9 Å². The van der Waals surface area contributed by atoms with Crippen LogP contribution in [0.5, 0.6) is 5.75 Å². The minimum absolute atomic E-state index is 0.0567. The lowest BCUT2D eigenvalue weighted by molar-refractivity contribution is -0.139. The molecule has 0 aliphatic heterocycles. The third-order valence-corrected chi connectivity index (χ3v) is 8.69. The van der Waals surface area contributed by atoms with Crippen molar-refractivity contribution < 1.29 is 22.7 Å². The van der Waals surface area contributed by atoms with Gasteiger partial charge in [0.1, 0.15) is 18.3 Å². The molecular weight excluding hydrogens is 526 g/mol. The summed E-state index contributed by atoms with van der Waals surface area (Å²) in [5.74, 6) is -0.204. The Bertz CT molecular complexity index is 1360. The van der Waals surface area contributed by atoms with Crippen LogP contribution >= 0.6 is 0 Å². The number of anilines is 1. The van der Waals surface area contributed by atoms with Gasteiger partial charge in [0.15, 0.2) is 0 Å². The van der Waals surface area contributed by atoms with Crippen molar-refractivity contribution >= 4 is 27.5 Å². The molecule has 3 rings (SSSR count). The summed E-state index contributed by atoms with van der Waals surface area (Å²) in [4.78, 5) is 28.5. The van der Waals surface area contributed by atoms with E-state index in [0.29, 0.717) is 17.9 Å². The highest BCUT2D eigenvalue weighted by Gasteiger charge is 2.32. The van der Waals surface area contributed by atoms with Gasteiger partial charge in [0.25, 0.3) is 10.0 Å². The lowest BCUT2D eigenvalue weighted by atomic mass is 10.1. The molecule has 0 aliphatic carbocycles. The summed E-state index contributed by atoms with van der Waals surface area (Å²) >= 11 is 0. The van der Waals surface area contributed by atoms with Gasteiger partial charge in [-0.1, -0.05) is 55.0 Å². The predicted octanol–water partition coefficient (Wildman–Crippen LogP) is 4.57. The van der Waals surface area contributed by atoms with Crippen LogP contribution in [0.25, 0.3) is 0 Å². The first kappa shape index (κ1) is 30.7. The molecule has 0 saturated carbocycles. The first-order valence-corrected chi connectivity index (χ1v) is 14.9. The summed E-state index contributed by atoms with van der Waals surface area (Å²) < 4.78 is 34.1. The number of methoxy groups -OCH3 is 1. The lowest BCUT2D eigenvalue weighted by Gasteiger charge is -2.32. The maximum Gasteiger partial charge on any atom is 0.264 e. The van der Waals surface area contributed by atoms with E-state index in [1.54, 1.807) is 43.3 Å². The lowest BCUT2D eigenvalue weighted by Crippen LogP contribution is -2.53. The maximum absolute atomic E-state index is 13.9. The van der Waals surface area contributed by atoms with Gasteiger partial charge in [0.05, 0.1) is 17.7 Å². The molecule has 2 amide bonds. The number of aryl methyl sites for hydroxylation is 1. The molecule has 40 heavy (non-hydrogen) atoms. The molecular formula is C31H39N3O5S. The Kier molecular flexibility index (Phi) is 10.7. The third kappa shape index (κ3) is 7.85. The van der Waals surface area contributed by atoms with E-state index < -0.39 is 28.5 Å². The monoisotopic (exact) mass is 565 g/mol. The molecule has 214 valence electrons. The van der Waals surface area contributed by atoms with E-state index in [1.807, 2.05) is 51.1 Å². The minimum Gasteiger partial charge on any atom is -0.497 e. The summed E-state index contributed by atoms with van der Waals surface area (Å²) in [6, 6.07) is 21.8. The zero-order chi connectivity index (χ0) is 29.3. The molecule has 8 nitrogen and oxygen atoms in total. The SMILES string of the molecule is CC[C@H](C)NC(=O)[C@@H](C)N(CCc1ccccc1)C(=O)CN(c1ccc(OC)cc1)S(=O)(=O)c1ccc(C)cc1. The number of sulfonamides is 1. The van der Waals surface area contributed by atoms with Gasteiger partial charge in [-0.15, -0.1) is 0 Å². The molecule has 0 radical (unpaired) electrons. The number of hydrogen-bond acceptors (Lipinski definition) is 5. The molecule has 0 heterocycles. The highest BCUT2D eigenvalue weighted by atomic mass is 32.2. The smallest absolute Gasteiger partial charge is 0.264 e. The van der Waals surface area contributed by atoms with Gasteiger partial charge >= 0.3 is 0 Å².